The van der Waals surface area contributed by atoms with E-state index in [2.05, 4.69) is 42.3 Å². The molecule has 1 atom stereocenters. The van der Waals surface area contributed by atoms with Crippen LogP contribution in [0.2, 0.25) is 0 Å². The van der Waals surface area contributed by atoms with Gasteiger partial charge in [0.25, 0.3) is 5.91 Å². The van der Waals surface area contributed by atoms with Crippen molar-refractivity contribution in [3.8, 4) is 5.88 Å². The maximum absolute atomic E-state index is 12.9. The number of rotatable bonds is 6. The molecule has 0 aliphatic heterocycles. The van der Waals surface area contributed by atoms with E-state index in [1.807, 2.05) is 6.07 Å². The Morgan fingerprint density at radius 1 is 1.23 bits per heavy atom. The summed E-state index contributed by atoms with van der Waals surface area (Å²) in [6, 6.07) is 11.9. The number of hydrogen-bond acceptors (Lipinski definition) is 4. The topological polar surface area (TPSA) is 60.5 Å². The van der Waals surface area contributed by atoms with E-state index in [4.69, 9.17) is 9.47 Å². The van der Waals surface area contributed by atoms with Crippen molar-refractivity contribution >= 4 is 5.91 Å². The van der Waals surface area contributed by atoms with Crippen LogP contribution in [0, 0.1) is 0 Å². The van der Waals surface area contributed by atoms with Gasteiger partial charge in [-0.15, -0.1) is 0 Å². The van der Waals surface area contributed by atoms with Crippen LogP contribution in [0.15, 0.2) is 42.6 Å². The first kappa shape index (κ1) is 18.4. The number of methoxy groups -OCH3 is 1. The molecule has 0 fully saturated rings. The fraction of sp³-hybridized carbons (Fsp3) is 0.429. The molecule has 3 rings (SSSR count). The molecule has 2 aromatic rings. The average Bonchev–Trinajstić information content (AvgIpc) is 2.65. The van der Waals surface area contributed by atoms with Crippen molar-refractivity contribution < 1.29 is 14.3 Å². The number of ether oxygens (including phenoxy) is 2. The Kier molecular flexibility index (Phi) is 5.57. The smallest absolute Gasteiger partial charge is 0.257 e. The van der Waals surface area contributed by atoms with Gasteiger partial charge in [-0.2, -0.15) is 0 Å². The van der Waals surface area contributed by atoms with E-state index in [0.29, 0.717) is 24.7 Å². The fourth-order valence-corrected chi connectivity index (χ4v) is 3.50. The van der Waals surface area contributed by atoms with Crippen LogP contribution in [0.25, 0.3) is 0 Å². The number of fused-ring (bicyclic) bond motifs is 1. The Labute approximate surface area is 154 Å². The first-order valence-electron chi connectivity index (χ1n) is 9.00. The highest BCUT2D eigenvalue weighted by molar-refractivity contribution is 5.96. The highest BCUT2D eigenvalue weighted by Crippen LogP contribution is 2.41. The summed E-state index contributed by atoms with van der Waals surface area (Å²) < 4.78 is 10.6. The Hall–Kier alpha value is -2.40. The van der Waals surface area contributed by atoms with Crippen LogP contribution in [0.3, 0.4) is 0 Å². The second-order valence-corrected chi connectivity index (χ2v) is 7.23. The molecule has 0 saturated carbocycles. The lowest BCUT2D eigenvalue weighted by Crippen LogP contribution is -2.36. The van der Waals surface area contributed by atoms with E-state index in [1.54, 1.807) is 25.4 Å². The first-order valence-corrected chi connectivity index (χ1v) is 9.00. The molecule has 1 aromatic carbocycles. The number of hydrogen-bond donors (Lipinski definition) is 1. The number of carbonyl (C=O) groups is 1. The predicted molar refractivity (Wildman–Crippen MR) is 101 cm³/mol. The molecule has 5 nitrogen and oxygen atoms in total. The average molecular weight is 354 g/mol. The number of benzene rings is 1. The van der Waals surface area contributed by atoms with E-state index in [1.165, 1.54) is 11.1 Å². The normalized spacial score (nSPS) is 18.0. The number of aromatic nitrogens is 1. The van der Waals surface area contributed by atoms with E-state index in [-0.39, 0.29) is 17.4 Å². The molecule has 26 heavy (non-hydrogen) atoms. The minimum Gasteiger partial charge on any atom is -0.475 e. The van der Waals surface area contributed by atoms with Gasteiger partial charge in [-0.3, -0.25) is 4.79 Å². The van der Waals surface area contributed by atoms with Crippen LogP contribution in [0.4, 0.5) is 0 Å². The molecular weight excluding hydrogens is 328 g/mol. The lowest BCUT2D eigenvalue weighted by atomic mass is 9.71. The summed E-state index contributed by atoms with van der Waals surface area (Å²) in [5.41, 5.74) is 3.08. The second kappa shape index (κ2) is 7.87. The van der Waals surface area contributed by atoms with Crippen LogP contribution in [-0.4, -0.2) is 31.2 Å². The van der Waals surface area contributed by atoms with Gasteiger partial charge in [0, 0.05) is 13.3 Å². The molecule has 1 amide bonds. The second-order valence-electron chi connectivity index (χ2n) is 7.23. The lowest BCUT2D eigenvalue weighted by Gasteiger charge is -2.37. The Morgan fingerprint density at radius 2 is 2.04 bits per heavy atom. The van der Waals surface area contributed by atoms with Gasteiger partial charge >= 0.3 is 0 Å². The minimum atomic E-state index is -0.162. The minimum absolute atomic E-state index is 0.00115. The molecule has 1 heterocycles. The largest absolute Gasteiger partial charge is 0.475 e. The number of carbonyl (C=O) groups excluding carboxylic acids is 1. The van der Waals surface area contributed by atoms with Crippen molar-refractivity contribution in [3.63, 3.8) is 0 Å². The maximum atomic E-state index is 12.9. The zero-order valence-electron chi connectivity index (χ0n) is 15.6. The standard InChI is InChI=1S/C21H26N2O3/c1-21(2)11-10-18(15-7-4-5-9-17(15)21)23-19(24)16-8-6-12-22-20(16)26-14-13-25-3/h4-9,12,18H,10-11,13-14H2,1-3H3,(H,23,24)/t18-/m0/s1. The van der Waals surface area contributed by atoms with E-state index >= 15 is 0 Å². The Bertz CT molecular complexity index is 773. The predicted octanol–water partition coefficient (Wildman–Crippen LogP) is 3.65. The molecule has 138 valence electrons. The highest BCUT2D eigenvalue weighted by atomic mass is 16.5. The van der Waals surface area contributed by atoms with Crippen LogP contribution in [-0.2, 0) is 10.2 Å². The molecule has 5 heteroatoms. The monoisotopic (exact) mass is 354 g/mol. The summed E-state index contributed by atoms with van der Waals surface area (Å²) in [5, 5.41) is 3.17. The molecule has 1 aromatic heterocycles. The van der Waals surface area contributed by atoms with Crippen molar-refractivity contribution in [2.24, 2.45) is 0 Å². The van der Waals surface area contributed by atoms with Gasteiger partial charge in [0.1, 0.15) is 12.2 Å². The van der Waals surface area contributed by atoms with E-state index < -0.39 is 0 Å². The highest BCUT2D eigenvalue weighted by Gasteiger charge is 2.33. The van der Waals surface area contributed by atoms with Crippen molar-refractivity contribution in [2.75, 3.05) is 20.3 Å². The van der Waals surface area contributed by atoms with Gasteiger partial charge in [0.05, 0.1) is 12.6 Å². The number of amides is 1. The molecule has 0 bridgehead atoms. The quantitative estimate of drug-likeness (QED) is 0.805. The summed E-state index contributed by atoms with van der Waals surface area (Å²) >= 11 is 0. The van der Waals surface area contributed by atoms with Crippen molar-refractivity contribution in [2.45, 2.75) is 38.1 Å². The molecular formula is C21H26N2O3. The lowest BCUT2D eigenvalue weighted by molar-refractivity contribution is 0.0920. The Balaban J connectivity index is 1.79. The summed E-state index contributed by atoms with van der Waals surface area (Å²) in [4.78, 5) is 17.1. The molecule has 0 radical (unpaired) electrons. The third-order valence-electron chi connectivity index (χ3n) is 4.97. The van der Waals surface area contributed by atoms with Crippen LogP contribution in [0.5, 0.6) is 5.88 Å². The first-order chi connectivity index (χ1) is 12.5. The fourth-order valence-electron chi connectivity index (χ4n) is 3.50. The maximum Gasteiger partial charge on any atom is 0.257 e. The van der Waals surface area contributed by atoms with Gasteiger partial charge in [0.15, 0.2) is 0 Å². The summed E-state index contributed by atoms with van der Waals surface area (Å²) in [6.45, 7) is 5.32. The van der Waals surface area contributed by atoms with Gasteiger partial charge in [-0.25, -0.2) is 4.98 Å². The SMILES string of the molecule is COCCOc1ncccc1C(=O)N[C@H]1CCC(C)(C)c2ccccc21. The van der Waals surface area contributed by atoms with Gasteiger partial charge in [-0.05, 0) is 41.5 Å². The molecule has 0 spiro atoms. The number of nitrogens with one attached hydrogen (secondary N) is 1. The van der Waals surface area contributed by atoms with Gasteiger partial charge < -0.3 is 14.8 Å². The number of nitrogens with zero attached hydrogens (tertiary/aromatic N) is 1. The third-order valence-corrected chi connectivity index (χ3v) is 4.97. The Morgan fingerprint density at radius 3 is 2.85 bits per heavy atom. The van der Waals surface area contributed by atoms with E-state index in [0.717, 1.165) is 12.8 Å². The molecule has 1 N–H and O–H groups in total. The van der Waals surface area contributed by atoms with Gasteiger partial charge in [-0.1, -0.05) is 38.1 Å². The van der Waals surface area contributed by atoms with E-state index in [9.17, 15) is 4.79 Å². The molecule has 0 saturated heterocycles. The van der Waals surface area contributed by atoms with Crippen LogP contribution in [0.1, 0.15) is 54.2 Å². The van der Waals surface area contributed by atoms with Crippen molar-refractivity contribution in [1.82, 2.24) is 10.3 Å². The van der Waals surface area contributed by atoms with Crippen molar-refractivity contribution in [3.05, 3.63) is 59.3 Å². The summed E-state index contributed by atoms with van der Waals surface area (Å²) in [7, 11) is 1.61. The van der Waals surface area contributed by atoms with Gasteiger partial charge in [0.2, 0.25) is 5.88 Å². The van der Waals surface area contributed by atoms with Crippen LogP contribution < -0.4 is 10.1 Å². The molecule has 0 unspecified atom stereocenters. The zero-order chi connectivity index (χ0) is 18.6. The molecule has 1 aliphatic carbocycles. The zero-order valence-corrected chi connectivity index (χ0v) is 15.6. The summed E-state index contributed by atoms with van der Waals surface area (Å²) in [5.74, 6) is 0.177. The number of pyridine rings is 1. The van der Waals surface area contributed by atoms with Crippen molar-refractivity contribution in [1.29, 1.82) is 0 Å². The molecule has 1 aliphatic rings. The van der Waals surface area contributed by atoms with Crippen LogP contribution >= 0.6 is 0 Å². The summed E-state index contributed by atoms with van der Waals surface area (Å²) in [6.07, 6.45) is 3.56. The third kappa shape index (κ3) is 3.88.